The molecule has 19 heavy (non-hydrogen) atoms. The number of benzene rings is 2. The number of carbonyl (C=O) groups is 2. The lowest BCUT2D eigenvalue weighted by molar-refractivity contribution is -0.131. The van der Waals surface area contributed by atoms with Crippen molar-refractivity contribution >= 4 is 28.3 Å². The van der Waals surface area contributed by atoms with Crippen LogP contribution in [0.15, 0.2) is 48.6 Å². The first-order chi connectivity index (χ1) is 9.08. The minimum Gasteiger partial charge on any atom is -0.507 e. The smallest absolute Gasteiger partial charge is 0.328 e. The van der Waals surface area contributed by atoms with E-state index in [1.807, 2.05) is 0 Å². The second-order valence-corrected chi connectivity index (χ2v) is 3.84. The highest BCUT2D eigenvalue weighted by atomic mass is 16.4. The average molecular weight is 257 g/mol. The number of aliphatic carboxylic acids is 1. The first-order valence-electron chi connectivity index (χ1n) is 5.50. The molecular weight excluding hydrogens is 246 g/mol. The van der Waals surface area contributed by atoms with Gasteiger partial charge in [-0.25, -0.2) is 4.79 Å². The van der Waals surface area contributed by atoms with Gasteiger partial charge in [0.2, 0.25) is 5.91 Å². The predicted molar refractivity (Wildman–Crippen MR) is 71.0 cm³/mol. The molecule has 0 aliphatic heterocycles. The molecule has 0 radical (unpaired) electrons. The normalized spacial score (nSPS) is 10.7. The van der Waals surface area contributed by atoms with Gasteiger partial charge in [0.15, 0.2) is 0 Å². The summed E-state index contributed by atoms with van der Waals surface area (Å²) >= 11 is 0. The fourth-order valence-electron chi connectivity index (χ4n) is 1.72. The molecule has 2 rings (SSSR count). The van der Waals surface area contributed by atoms with E-state index < -0.39 is 11.9 Å². The number of carboxylic acid groups (broad SMARTS) is 1. The lowest BCUT2D eigenvalue weighted by atomic mass is 10.1. The van der Waals surface area contributed by atoms with Crippen molar-refractivity contribution in [2.24, 2.45) is 0 Å². The van der Waals surface area contributed by atoms with Crippen LogP contribution in [0, 0.1) is 0 Å². The molecule has 0 saturated carbocycles. The second-order valence-electron chi connectivity index (χ2n) is 3.84. The summed E-state index contributed by atoms with van der Waals surface area (Å²) in [5, 5.41) is 22.0. The Kier molecular flexibility index (Phi) is 3.47. The van der Waals surface area contributed by atoms with Gasteiger partial charge in [-0.3, -0.25) is 4.79 Å². The number of phenolic OH excluding ortho intramolecular Hbond substituents is 1. The summed E-state index contributed by atoms with van der Waals surface area (Å²) in [6.07, 6.45) is 1.70. The summed E-state index contributed by atoms with van der Waals surface area (Å²) in [5.74, 6) is -1.61. The van der Waals surface area contributed by atoms with Crippen LogP contribution in [0.25, 0.3) is 10.8 Å². The van der Waals surface area contributed by atoms with Crippen molar-refractivity contribution in [1.29, 1.82) is 0 Å². The maximum Gasteiger partial charge on any atom is 0.328 e. The summed E-state index contributed by atoms with van der Waals surface area (Å²) in [5.41, 5.74) is 0.508. The Labute approximate surface area is 108 Å². The van der Waals surface area contributed by atoms with Gasteiger partial charge in [-0.1, -0.05) is 24.3 Å². The molecule has 0 unspecified atom stereocenters. The summed E-state index contributed by atoms with van der Waals surface area (Å²) < 4.78 is 0. The van der Waals surface area contributed by atoms with Crippen molar-refractivity contribution < 1.29 is 19.8 Å². The third kappa shape index (κ3) is 2.90. The number of fused-ring (bicyclic) bond motifs is 1. The van der Waals surface area contributed by atoms with Crippen LogP contribution < -0.4 is 5.32 Å². The van der Waals surface area contributed by atoms with Gasteiger partial charge in [0.1, 0.15) is 5.75 Å². The van der Waals surface area contributed by atoms with Gasteiger partial charge in [0.05, 0.1) is 0 Å². The topological polar surface area (TPSA) is 86.6 Å². The molecule has 0 aromatic heterocycles. The van der Waals surface area contributed by atoms with E-state index in [0.717, 1.165) is 12.2 Å². The van der Waals surface area contributed by atoms with Gasteiger partial charge in [-0.05, 0) is 12.1 Å². The Hall–Kier alpha value is -2.82. The Morgan fingerprint density at radius 2 is 1.68 bits per heavy atom. The van der Waals surface area contributed by atoms with E-state index in [9.17, 15) is 14.7 Å². The van der Waals surface area contributed by atoms with E-state index in [2.05, 4.69) is 5.32 Å². The van der Waals surface area contributed by atoms with Crippen molar-refractivity contribution in [2.75, 3.05) is 5.32 Å². The van der Waals surface area contributed by atoms with E-state index in [4.69, 9.17) is 5.11 Å². The molecule has 5 nitrogen and oxygen atoms in total. The standard InChI is InChI=1S/C14H11NO4/c16-12-6-2-3-9-10(12)4-1-5-11(9)15-13(17)7-8-14(18)19/h1-8,16H,(H,15,17)(H,18,19)/b8-7-. The lowest BCUT2D eigenvalue weighted by Crippen LogP contribution is -2.08. The molecular formula is C14H11NO4. The molecule has 3 N–H and O–H groups in total. The van der Waals surface area contributed by atoms with Gasteiger partial charge in [-0.2, -0.15) is 0 Å². The molecule has 0 spiro atoms. The van der Waals surface area contributed by atoms with Gasteiger partial charge < -0.3 is 15.5 Å². The second kappa shape index (κ2) is 5.22. The number of aromatic hydroxyl groups is 1. The van der Waals surface area contributed by atoms with E-state index >= 15 is 0 Å². The molecule has 2 aromatic carbocycles. The summed E-state index contributed by atoms with van der Waals surface area (Å²) in [4.78, 5) is 21.8. The van der Waals surface area contributed by atoms with Crippen molar-refractivity contribution in [3.63, 3.8) is 0 Å². The Bertz CT molecular complexity index is 676. The first-order valence-corrected chi connectivity index (χ1v) is 5.50. The highest BCUT2D eigenvalue weighted by Crippen LogP contribution is 2.29. The van der Waals surface area contributed by atoms with Crippen molar-refractivity contribution in [2.45, 2.75) is 0 Å². The molecule has 0 aliphatic carbocycles. The monoisotopic (exact) mass is 257 g/mol. The molecule has 0 atom stereocenters. The zero-order chi connectivity index (χ0) is 13.8. The molecule has 0 bridgehead atoms. The van der Waals surface area contributed by atoms with Crippen LogP contribution in [0.3, 0.4) is 0 Å². The van der Waals surface area contributed by atoms with Crippen LogP contribution in [0.1, 0.15) is 0 Å². The minimum absolute atomic E-state index is 0.120. The molecule has 1 amide bonds. The van der Waals surface area contributed by atoms with Gasteiger partial charge >= 0.3 is 5.97 Å². The lowest BCUT2D eigenvalue weighted by Gasteiger charge is -2.07. The van der Waals surface area contributed by atoms with Crippen LogP contribution in [0.2, 0.25) is 0 Å². The number of rotatable bonds is 3. The number of phenols is 1. The molecule has 0 saturated heterocycles. The molecule has 2 aromatic rings. The van der Waals surface area contributed by atoms with Gasteiger partial charge in [-0.15, -0.1) is 0 Å². The molecule has 0 aliphatic rings. The van der Waals surface area contributed by atoms with Crippen LogP contribution >= 0.6 is 0 Å². The zero-order valence-corrected chi connectivity index (χ0v) is 9.83. The fraction of sp³-hybridized carbons (Fsp3) is 0. The maximum atomic E-state index is 11.5. The quantitative estimate of drug-likeness (QED) is 0.735. The molecule has 5 heteroatoms. The predicted octanol–water partition coefficient (Wildman–Crippen LogP) is 2.12. The van der Waals surface area contributed by atoms with Gasteiger partial charge in [0, 0.05) is 28.6 Å². The number of amides is 1. The van der Waals surface area contributed by atoms with Crippen LogP contribution in [0.4, 0.5) is 5.69 Å². The Morgan fingerprint density at radius 3 is 2.42 bits per heavy atom. The Morgan fingerprint density at radius 1 is 1.00 bits per heavy atom. The van der Waals surface area contributed by atoms with Crippen LogP contribution in [-0.2, 0) is 9.59 Å². The van der Waals surface area contributed by atoms with Crippen molar-refractivity contribution in [1.82, 2.24) is 0 Å². The number of carbonyl (C=O) groups excluding carboxylic acids is 1. The zero-order valence-electron chi connectivity index (χ0n) is 9.83. The first kappa shape index (κ1) is 12.6. The largest absolute Gasteiger partial charge is 0.507 e. The fourth-order valence-corrected chi connectivity index (χ4v) is 1.72. The number of nitrogens with one attached hydrogen (secondary N) is 1. The number of hydrogen-bond acceptors (Lipinski definition) is 3. The molecule has 0 fully saturated rings. The van der Waals surface area contributed by atoms with E-state index in [1.165, 1.54) is 0 Å². The highest BCUT2D eigenvalue weighted by molar-refractivity contribution is 6.08. The van der Waals surface area contributed by atoms with E-state index in [0.29, 0.717) is 16.5 Å². The maximum absolute atomic E-state index is 11.5. The van der Waals surface area contributed by atoms with Gasteiger partial charge in [0.25, 0.3) is 0 Å². The SMILES string of the molecule is O=C(O)/C=C\C(=O)Nc1cccc2c(O)cccc12. The third-order valence-corrected chi connectivity index (χ3v) is 2.53. The van der Waals surface area contributed by atoms with Crippen molar-refractivity contribution in [3.8, 4) is 5.75 Å². The summed E-state index contributed by atoms with van der Waals surface area (Å²) in [7, 11) is 0. The van der Waals surface area contributed by atoms with Crippen LogP contribution in [0.5, 0.6) is 5.75 Å². The molecule has 96 valence electrons. The number of carboxylic acids is 1. The third-order valence-electron chi connectivity index (χ3n) is 2.53. The minimum atomic E-state index is -1.19. The van der Waals surface area contributed by atoms with Crippen molar-refractivity contribution in [3.05, 3.63) is 48.6 Å². The molecule has 0 heterocycles. The summed E-state index contributed by atoms with van der Waals surface area (Å²) in [6.45, 7) is 0. The summed E-state index contributed by atoms with van der Waals surface area (Å²) in [6, 6.07) is 10.1. The van der Waals surface area contributed by atoms with Crippen LogP contribution in [-0.4, -0.2) is 22.1 Å². The number of anilines is 1. The van der Waals surface area contributed by atoms with E-state index in [1.54, 1.807) is 36.4 Å². The van der Waals surface area contributed by atoms with E-state index in [-0.39, 0.29) is 5.75 Å². The highest BCUT2D eigenvalue weighted by Gasteiger charge is 2.05. The average Bonchev–Trinajstić information content (AvgIpc) is 2.38. The Balaban J connectivity index is 2.34. The number of hydrogen-bond donors (Lipinski definition) is 3.